The summed E-state index contributed by atoms with van der Waals surface area (Å²) in [6, 6.07) is -1.17. The Morgan fingerprint density at radius 3 is 2.96 bits per heavy atom. The van der Waals surface area contributed by atoms with Crippen LogP contribution in [0.4, 0.5) is 4.79 Å². The standard InChI is InChI=1S/C12H20N4O6S/c1-13-5-4-9-6-10(14-21-9)11-3-2-8-7-15(11)12(17)16(8)22-23(18,19)20/h8-9,11,13H,2-7H2,1H3,(H,18,19,20)/t8-,9?,11+/m1/s1. The van der Waals surface area contributed by atoms with E-state index in [1.165, 1.54) is 4.90 Å². The van der Waals surface area contributed by atoms with E-state index in [1.807, 2.05) is 7.05 Å². The maximum Gasteiger partial charge on any atom is 0.418 e. The van der Waals surface area contributed by atoms with Crippen LogP contribution < -0.4 is 5.32 Å². The van der Waals surface area contributed by atoms with Crippen molar-refractivity contribution in [3.8, 4) is 0 Å². The molecular weight excluding hydrogens is 328 g/mol. The van der Waals surface area contributed by atoms with Gasteiger partial charge in [0.25, 0.3) is 0 Å². The van der Waals surface area contributed by atoms with Gasteiger partial charge in [-0.1, -0.05) is 5.16 Å². The third-order valence-electron chi connectivity index (χ3n) is 4.35. The molecule has 0 radical (unpaired) electrons. The molecule has 0 aliphatic carbocycles. The average molecular weight is 348 g/mol. The quantitative estimate of drug-likeness (QED) is 0.635. The number of piperidine rings is 1. The topological polar surface area (TPSA) is 121 Å². The molecule has 10 nitrogen and oxygen atoms in total. The highest BCUT2D eigenvalue weighted by atomic mass is 32.3. The second-order valence-electron chi connectivity index (χ2n) is 5.92. The Hall–Kier alpha value is -1.43. The Kier molecular flexibility index (Phi) is 4.45. The number of hydrogen-bond acceptors (Lipinski definition) is 7. The lowest BCUT2D eigenvalue weighted by Gasteiger charge is -2.29. The van der Waals surface area contributed by atoms with Crippen molar-refractivity contribution in [2.75, 3.05) is 20.1 Å². The second-order valence-corrected chi connectivity index (χ2v) is 6.92. The molecule has 0 aromatic heterocycles. The molecule has 2 fully saturated rings. The lowest BCUT2D eigenvalue weighted by atomic mass is 9.94. The second kappa shape index (κ2) is 6.23. The first-order valence-corrected chi connectivity index (χ1v) is 8.89. The number of nitrogens with one attached hydrogen (secondary N) is 1. The van der Waals surface area contributed by atoms with Crippen LogP contribution in [0.25, 0.3) is 0 Å². The molecule has 3 aliphatic heterocycles. The van der Waals surface area contributed by atoms with Crippen LogP contribution in [0, 0.1) is 0 Å². The summed E-state index contributed by atoms with van der Waals surface area (Å²) >= 11 is 0. The van der Waals surface area contributed by atoms with Crippen molar-refractivity contribution in [1.29, 1.82) is 0 Å². The van der Waals surface area contributed by atoms with Gasteiger partial charge in [-0.15, -0.1) is 4.28 Å². The summed E-state index contributed by atoms with van der Waals surface area (Å²) in [4.78, 5) is 19.3. The molecule has 11 heteroatoms. The lowest BCUT2D eigenvalue weighted by molar-refractivity contribution is -0.0316. The minimum Gasteiger partial charge on any atom is -0.392 e. The first-order valence-electron chi connectivity index (χ1n) is 7.53. The molecule has 2 N–H and O–H groups in total. The summed E-state index contributed by atoms with van der Waals surface area (Å²) in [6.07, 6.45) is 2.70. The normalized spacial score (nSPS) is 30.6. The van der Waals surface area contributed by atoms with Gasteiger partial charge in [0.1, 0.15) is 6.10 Å². The molecule has 0 aromatic carbocycles. The number of rotatable bonds is 6. The van der Waals surface area contributed by atoms with Crippen molar-refractivity contribution in [2.45, 2.75) is 43.9 Å². The molecule has 0 saturated carbocycles. The number of hydroxylamine groups is 2. The van der Waals surface area contributed by atoms with E-state index in [9.17, 15) is 13.2 Å². The number of carbonyl (C=O) groups is 1. The predicted octanol–water partition coefficient (Wildman–Crippen LogP) is -0.256. The molecular formula is C12H20N4O6S. The van der Waals surface area contributed by atoms with Gasteiger partial charge in [0.05, 0.1) is 17.8 Å². The minimum absolute atomic E-state index is 0.00180. The molecule has 2 saturated heterocycles. The molecule has 3 atom stereocenters. The zero-order valence-corrected chi connectivity index (χ0v) is 13.5. The number of oxime groups is 1. The van der Waals surface area contributed by atoms with Gasteiger partial charge < -0.3 is 15.1 Å². The average Bonchev–Trinajstić information content (AvgIpc) is 3.04. The fraction of sp³-hybridized carbons (Fsp3) is 0.833. The molecule has 3 aliphatic rings. The van der Waals surface area contributed by atoms with Gasteiger partial charge in [0.2, 0.25) is 0 Å². The molecule has 0 spiro atoms. The first-order chi connectivity index (χ1) is 10.9. The van der Waals surface area contributed by atoms with Gasteiger partial charge in [0, 0.05) is 13.0 Å². The van der Waals surface area contributed by atoms with E-state index >= 15 is 0 Å². The summed E-state index contributed by atoms with van der Waals surface area (Å²) in [5.41, 5.74) is 0.798. The molecule has 3 heterocycles. The summed E-state index contributed by atoms with van der Waals surface area (Å²) in [5, 5.41) is 7.90. The van der Waals surface area contributed by atoms with Crippen molar-refractivity contribution in [3.63, 3.8) is 0 Å². The summed E-state index contributed by atoms with van der Waals surface area (Å²) in [7, 11) is -2.85. The van der Waals surface area contributed by atoms with E-state index in [1.54, 1.807) is 0 Å². The monoisotopic (exact) mass is 348 g/mol. The Bertz CT molecular complexity index is 609. The maximum absolute atomic E-state index is 12.3. The Morgan fingerprint density at radius 2 is 2.26 bits per heavy atom. The van der Waals surface area contributed by atoms with Gasteiger partial charge in [-0.25, -0.2) is 4.79 Å². The molecule has 0 aromatic rings. The van der Waals surface area contributed by atoms with E-state index in [-0.39, 0.29) is 18.2 Å². The largest absolute Gasteiger partial charge is 0.418 e. The zero-order valence-electron chi connectivity index (χ0n) is 12.7. The van der Waals surface area contributed by atoms with Gasteiger partial charge >= 0.3 is 16.4 Å². The summed E-state index contributed by atoms with van der Waals surface area (Å²) < 4.78 is 34.9. The van der Waals surface area contributed by atoms with Crippen LogP contribution in [0.5, 0.6) is 0 Å². The smallest absolute Gasteiger partial charge is 0.392 e. The van der Waals surface area contributed by atoms with E-state index in [4.69, 9.17) is 9.39 Å². The molecule has 1 unspecified atom stereocenters. The van der Waals surface area contributed by atoms with E-state index in [0.29, 0.717) is 25.8 Å². The molecule has 2 amide bonds. The Labute approximate surface area is 134 Å². The summed E-state index contributed by atoms with van der Waals surface area (Å²) in [5.74, 6) is 0. The van der Waals surface area contributed by atoms with E-state index < -0.39 is 16.4 Å². The highest BCUT2D eigenvalue weighted by Gasteiger charge is 2.49. The minimum atomic E-state index is -4.72. The molecule has 130 valence electrons. The van der Waals surface area contributed by atoms with E-state index in [0.717, 1.165) is 23.7 Å². The van der Waals surface area contributed by atoms with Crippen LogP contribution in [0.3, 0.4) is 0 Å². The van der Waals surface area contributed by atoms with E-state index in [2.05, 4.69) is 14.8 Å². The van der Waals surface area contributed by atoms with Crippen LogP contribution in [-0.4, -0.2) is 73.0 Å². The van der Waals surface area contributed by atoms with Crippen LogP contribution >= 0.6 is 0 Å². The fourth-order valence-corrected chi connectivity index (χ4v) is 3.67. The Balaban J connectivity index is 1.65. The SMILES string of the molecule is CNCCC1CC([C@@H]2CC[C@@H]3CN2C(=O)N3OS(=O)(=O)O)=NO1. The van der Waals surface area contributed by atoms with Crippen molar-refractivity contribution < 1.29 is 26.9 Å². The summed E-state index contributed by atoms with van der Waals surface area (Å²) in [6.45, 7) is 1.16. The number of amides is 2. The van der Waals surface area contributed by atoms with Crippen LogP contribution in [0.15, 0.2) is 5.16 Å². The number of fused-ring (bicyclic) bond motifs is 2. The van der Waals surface area contributed by atoms with Gasteiger partial charge in [-0.05, 0) is 32.9 Å². The van der Waals surface area contributed by atoms with Crippen molar-refractivity contribution in [2.24, 2.45) is 5.16 Å². The van der Waals surface area contributed by atoms with Crippen molar-refractivity contribution in [1.82, 2.24) is 15.3 Å². The number of nitrogens with zero attached hydrogens (tertiary/aromatic N) is 3. The lowest BCUT2D eigenvalue weighted by Crippen LogP contribution is -2.45. The molecule has 23 heavy (non-hydrogen) atoms. The zero-order chi connectivity index (χ0) is 16.6. The van der Waals surface area contributed by atoms with Crippen LogP contribution in [0.2, 0.25) is 0 Å². The third-order valence-corrected chi connectivity index (χ3v) is 4.70. The third kappa shape index (κ3) is 3.42. The van der Waals surface area contributed by atoms with Crippen LogP contribution in [0.1, 0.15) is 25.7 Å². The van der Waals surface area contributed by atoms with Gasteiger partial charge in [-0.2, -0.15) is 13.5 Å². The maximum atomic E-state index is 12.3. The van der Waals surface area contributed by atoms with Crippen LogP contribution in [-0.2, 0) is 19.5 Å². The predicted molar refractivity (Wildman–Crippen MR) is 78.9 cm³/mol. The first kappa shape index (κ1) is 16.4. The highest BCUT2D eigenvalue weighted by Crippen LogP contribution is 2.33. The van der Waals surface area contributed by atoms with Gasteiger partial charge in [0.15, 0.2) is 0 Å². The fourth-order valence-electron chi connectivity index (χ4n) is 3.28. The van der Waals surface area contributed by atoms with Crippen molar-refractivity contribution in [3.05, 3.63) is 0 Å². The van der Waals surface area contributed by atoms with Crippen molar-refractivity contribution >= 4 is 22.1 Å². The highest BCUT2D eigenvalue weighted by molar-refractivity contribution is 7.80. The number of urea groups is 1. The van der Waals surface area contributed by atoms with Gasteiger partial charge in [-0.3, -0.25) is 4.55 Å². The molecule has 2 bridgehead atoms. The number of hydrogen-bond donors (Lipinski definition) is 2. The number of carbonyl (C=O) groups excluding carboxylic acids is 1. The molecule has 3 rings (SSSR count). The Morgan fingerprint density at radius 1 is 1.48 bits per heavy atom.